The molecule has 3 heteroatoms. The minimum atomic E-state index is -0.742. The summed E-state index contributed by atoms with van der Waals surface area (Å²) in [5.41, 5.74) is 0.490. The Kier molecular flexibility index (Phi) is 4.70. The zero-order valence-electron chi connectivity index (χ0n) is 10.9. The average Bonchev–Trinajstić information content (AvgIpc) is 3.16. The van der Waals surface area contributed by atoms with Gasteiger partial charge in [0.15, 0.2) is 11.6 Å². The Balaban J connectivity index is 1.99. The molecule has 0 amide bonds. The topological polar surface area (TPSA) is 12.0 Å². The molecule has 1 saturated carbocycles. The van der Waals surface area contributed by atoms with E-state index >= 15 is 0 Å². The molecule has 1 aromatic rings. The summed E-state index contributed by atoms with van der Waals surface area (Å²) in [5.74, 6) is -0.638. The lowest BCUT2D eigenvalue weighted by molar-refractivity contribution is 0.438. The molecule has 1 unspecified atom stereocenters. The summed E-state index contributed by atoms with van der Waals surface area (Å²) in [5, 5.41) is 3.45. The van der Waals surface area contributed by atoms with E-state index in [9.17, 15) is 8.78 Å². The predicted octanol–water partition coefficient (Wildman–Crippen LogP) is 3.68. The van der Waals surface area contributed by atoms with Crippen molar-refractivity contribution in [1.29, 1.82) is 0 Å². The molecular formula is C15H21F2N. The highest BCUT2D eigenvalue weighted by Crippen LogP contribution is 2.34. The number of nitrogens with one attached hydrogen (secondary N) is 1. The fraction of sp³-hybridized carbons (Fsp3) is 0.600. The standard InChI is InChI=1S/C15H21F2N/c1-2-8-18-13(9-11-6-7-11)10-12-4-3-5-14(16)15(12)17/h3-5,11,13,18H,2,6-10H2,1H3. The van der Waals surface area contributed by atoms with E-state index in [1.165, 1.54) is 18.9 Å². The third-order valence-electron chi connectivity index (χ3n) is 3.50. The predicted molar refractivity (Wildman–Crippen MR) is 69.5 cm³/mol. The van der Waals surface area contributed by atoms with Gasteiger partial charge in [-0.05, 0) is 43.4 Å². The monoisotopic (exact) mass is 253 g/mol. The maximum absolute atomic E-state index is 13.6. The minimum absolute atomic E-state index is 0.272. The van der Waals surface area contributed by atoms with E-state index < -0.39 is 11.6 Å². The van der Waals surface area contributed by atoms with Crippen molar-refractivity contribution in [3.63, 3.8) is 0 Å². The third kappa shape index (κ3) is 3.77. The summed E-state index contributed by atoms with van der Waals surface area (Å²) in [7, 11) is 0. The van der Waals surface area contributed by atoms with Gasteiger partial charge < -0.3 is 5.32 Å². The van der Waals surface area contributed by atoms with E-state index in [0.717, 1.165) is 25.3 Å². The number of hydrogen-bond acceptors (Lipinski definition) is 1. The summed E-state index contributed by atoms with van der Waals surface area (Å²) >= 11 is 0. The van der Waals surface area contributed by atoms with Gasteiger partial charge in [-0.1, -0.05) is 31.9 Å². The molecule has 18 heavy (non-hydrogen) atoms. The maximum atomic E-state index is 13.6. The van der Waals surface area contributed by atoms with Gasteiger partial charge in [-0.3, -0.25) is 0 Å². The Morgan fingerprint density at radius 3 is 2.78 bits per heavy atom. The van der Waals surface area contributed by atoms with Crippen molar-refractivity contribution in [2.45, 2.75) is 45.1 Å². The minimum Gasteiger partial charge on any atom is -0.314 e. The second kappa shape index (κ2) is 6.28. The van der Waals surface area contributed by atoms with Crippen molar-refractivity contribution >= 4 is 0 Å². The third-order valence-corrected chi connectivity index (χ3v) is 3.50. The zero-order valence-corrected chi connectivity index (χ0v) is 10.9. The van der Waals surface area contributed by atoms with Crippen LogP contribution < -0.4 is 5.32 Å². The normalized spacial score (nSPS) is 16.8. The quantitative estimate of drug-likeness (QED) is 0.781. The first-order chi connectivity index (χ1) is 8.70. The second-order valence-electron chi connectivity index (χ2n) is 5.25. The van der Waals surface area contributed by atoms with Crippen LogP contribution in [0.2, 0.25) is 0 Å². The molecule has 0 saturated heterocycles. The Labute approximate surface area is 108 Å². The molecule has 0 radical (unpaired) electrons. The van der Waals surface area contributed by atoms with Gasteiger partial charge in [-0.2, -0.15) is 0 Å². The van der Waals surface area contributed by atoms with Crippen molar-refractivity contribution in [3.8, 4) is 0 Å². The van der Waals surface area contributed by atoms with Crippen LogP contribution in [0, 0.1) is 17.6 Å². The van der Waals surface area contributed by atoms with Crippen LogP contribution >= 0.6 is 0 Å². The van der Waals surface area contributed by atoms with E-state index in [4.69, 9.17) is 0 Å². The summed E-state index contributed by atoms with van der Waals surface area (Å²) in [6, 6.07) is 4.72. The first kappa shape index (κ1) is 13.5. The Morgan fingerprint density at radius 2 is 2.11 bits per heavy atom. The molecule has 1 aromatic carbocycles. The lowest BCUT2D eigenvalue weighted by Crippen LogP contribution is -2.32. The molecule has 0 aromatic heterocycles. The lowest BCUT2D eigenvalue weighted by atomic mass is 10.0. The number of hydrogen-bond donors (Lipinski definition) is 1. The number of benzene rings is 1. The molecule has 0 aliphatic heterocycles. The molecule has 100 valence electrons. The Bertz CT molecular complexity index is 388. The van der Waals surface area contributed by atoms with Crippen LogP contribution in [0.5, 0.6) is 0 Å². The Hall–Kier alpha value is -0.960. The van der Waals surface area contributed by atoms with E-state index in [0.29, 0.717) is 12.0 Å². The van der Waals surface area contributed by atoms with E-state index in [1.54, 1.807) is 12.1 Å². The molecular weight excluding hydrogens is 232 g/mol. The highest BCUT2D eigenvalue weighted by Gasteiger charge is 2.26. The smallest absolute Gasteiger partial charge is 0.162 e. The van der Waals surface area contributed by atoms with Crippen LogP contribution in [0.15, 0.2) is 18.2 Å². The molecule has 2 rings (SSSR count). The molecule has 1 aliphatic rings. The highest BCUT2D eigenvalue weighted by molar-refractivity contribution is 5.20. The van der Waals surface area contributed by atoms with E-state index in [-0.39, 0.29) is 6.04 Å². The summed E-state index contributed by atoms with van der Waals surface area (Å²) < 4.78 is 26.8. The van der Waals surface area contributed by atoms with Crippen molar-refractivity contribution in [1.82, 2.24) is 5.32 Å². The van der Waals surface area contributed by atoms with Gasteiger partial charge in [-0.15, -0.1) is 0 Å². The van der Waals surface area contributed by atoms with Crippen LogP contribution in [-0.4, -0.2) is 12.6 Å². The van der Waals surface area contributed by atoms with Gasteiger partial charge in [-0.25, -0.2) is 8.78 Å². The Morgan fingerprint density at radius 1 is 1.33 bits per heavy atom. The van der Waals surface area contributed by atoms with Crippen LogP contribution in [0.25, 0.3) is 0 Å². The lowest BCUT2D eigenvalue weighted by Gasteiger charge is -2.18. The van der Waals surface area contributed by atoms with Crippen molar-refractivity contribution in [2.75, 3.05) is 6.54 Å². The highest BCUT2D eigenvalue weighted by atomic mass is 19.2. The summed E-state index contributed by atoms with van der Waals surface area (Å²) in [4.78, 5) is 0. The molecule has 0 spiro atoms. The van der Waals surface area contributed by atoms with E-state index in [1.807, 2.05) is 0 Å². The fourth-order valence-electron chi connectivity index (χ4n) is 2.31. The molecule has 0 heterocycles. The molecule has 0 bridgehead atoms. The number of rotatable bonds is 7. The summed E-state index contributed by atoms with van der Waals surface area (Å²) in [6.07, 6.45) is 5.30. The first-order valence-electron chi connectivity index (χ1n) is 6.87. The van der Waals surface area contributed by atoms with Crippen LogP contribution in [0.3, 0.4) is 0 Å². The molecule has 1 N–H and O–H groups in total. The van der Waals surface area contributed by atoms with Gasteiger partial charge >= 0.3 is 0 Å². The SMILES string of the molecule is CCCNC(Cc1cccc(F)c1F)CC1CC1. The molecule has 1 fully saturated rings. The van der Waals surface area contributed by atoms with Crippen molar-refractivity contribution in [2.24, 2.45) is 5.92 Å². The van der Waals surface area contributed by atoms with Gasteiger partial charge in [0.2, 0.25) is 0 Å². The fourth-order valence-corrected chi connectivity index (χ4v) is 2.31. The molecule has 1 nitrogen and oxygen atoms in total. The molecule has 1 atom stereocenters. The molecule has 1 aliphatic carbocycles. The van der Waals surface area contributed by atoms with Gasteiger partial charge in [0, 0.05) is 6.04 Å². The van der Waals surface area contributed by atoms with Gasteiger partial charge in [0.1, 0.15) is 0 Å². The van der Waals surface area contributed by atoms with Crippen molar-refractivity contribution in [3.05, 3.63) is 35.4 Å². The average molecular weight is 253 g/mol. The van der Waals surface area contributed by atoms with Crippen LogP contribution in [0.4, 0.5) is 8.78 Å². The van der Waals surface area contributed by atoms with Crippen molar-refractivity contribution < 1.29 is 8.78 Å². The van der Waals surface area contributed by atoms with E-state index in [2.05, 4.69) is 12.2 Å². The first-order valence-corrected chi connectivity index (χ1v) is 6.87. The maximum Gasteiger partial charge on any atom is 0.162 e. The van der Waals surface area contributed by atoms with Gasteiger partial charge in [0.25, 0.3) is 0 Å². The summed E-state index contributed by atoms with van der Waals surface area (Å²) in [6.45, 7) is 3.05. The second-order valence-corrected chi connectivity index (χ2v) is 5.25. The largest absolute Gasteiger partial charge is 0.314 e. The van der Waals surface area contributed by atoms with Crippen LogP contribution in [0.1, 0.15) is 38.2 Å². The number of halogens is 2. The van der Waals surface area contributed by atoms with Gasteiger partial charge in [0.05, 0.1) is 0 Å². The zero-order chi connectivity index (χ0) is 13.0. The van der Waals surface area contributed by atoms with Crippen LogP contribution in [-0.2, 0) is 6.42 Å².